The predicted molar refractivity (Wildman–Crippen MR) is 317 cm³/mol. The maximum Gasteiger partial charge on any atom is 0.252 e. The van der Waals surface area contributed by atoms with Crippen molar-refractivity contribution in [3.63, 3.8) is 0 Å². The Hall–Kier alpha value is -8.10. The number of anilines is 6. The van der Waals surface area contributed by atoms with Gasteiger partial charge in [-0.2, -0.15) is 0 Å². The first-order chi connectivity index (χ1) is 36.2. The minimum Gasteiger partial charge on any atom is -0.486 e. The van der Waals surface area contributed by atoms with Crippen LogP contribution in [0.2, 0.25) is 0 Å². The summed E-state index contributed by atoms with van der Waals surface area (Å²) < 4.78 is 18.5. The molecule has 3 aliphatic rings. The highest BCUT2D eigenvalue weighted by atomic mass is 32.1. The number of hydrogen-bond donors (Lipinski definition) is 0. The van der Waals surface area contributed by atoms with Gasteiger partial charge in [0, 0.05) is 74.3 Å². The van der Waals surface area contributed by atoms with Gasteiger partial charge in [-0.1, -0.05) is 148 Å². The molecule has 0 saturated carbocycles. The van der Waals surface area contributed by atoms with E-state index in [2.05, 4.69) is 238 Å². The molecule has 0 saturated heterocycles. The maximum atomic E-state index is 6.78. The fraction of sp³-hybridized carbons (Fsp3) is 0.104. The number of fused-ring (bicyclic) bond motifs is 11. The van der Waals surface area contributed by atoms with Crippen LogP contribution in [-0.4, -0.2) is 19.9 Å². The summed E-state index contributed by atoms with van der Waals surface area (Å²) >= 11 is 3.74. The summed E-state index contributed by atoms with van der Waals surface area (Å²) in [6.45, 7) is 10.1. The zero-order valence-corrected chi connectivity index (χ0v) is 43.2. The lowest BCUT2D eigenvalue weighted by molar-refractivity contribution is 0.172. The van der Waals surface area contributed by atoms with E-state index in [4.69, 9.17) is 9.47 Å². The first kappa shape index (κ1) is 43.5. The largest absolute Gasteiger partial charge is 0.486 e. The molecule has 12 aromatic rings. The van der Waals surface area contributed by atoms with Gasteiger partial charge < -0.3 is 19.3 Å². The first-order valence-electron chi connectivity index (χ1n) is 25.7. The molecule has 74 heavy (non-hydrogen) atoms. The van der Waals surface area contributed by atoms with E-state index in [9.17, 15) is 0 Å². The van der Waals surface area contributed by atoms with E-state index in [1.54, 1.807) is 0 Å². The van der Waals surface area contributed by atoms with E-state index < -0.39 is 0 Å². The third-order valence-corrected chi connectivity index (χ3v) is 17.9. The van der Waals surface area contributed by atoms with Crippen LogP contribution in [-0.2, 0) is 5.41 Å². The standard InChI is InChI=1S/C67H49BN2O2S2/c1-40-34-57-64-58(35-40)70(65-48(42-12-6-5-7-13-42)28-31-59-66(65)72-33-32-71-59)56-30-23-46(67(2,3)4)39-54(56)68(64)53-36-43(45-21-27-52-50-15-9-11-17-61(50)74-63(52)38-45)22-29-55(53)69(57)47-24-18-41(19-25-47)44-20-26-51-49-14-8-10-16-60(49)73-62(51)37-44/h5-31,34-39H,32-33H2,1-4H3. The van der Waals surface area contributed by atoms with Crippen LogP contribution in [0.15, 0.2) is 200 Å². The SMILES string of the molecule is Cc1cc2c3c(c1)N(c1c(-c4ccccc4)ccc4c1OCCO4)c1ccc(C(C)(C)C)cc1B3c1cc(-c3ccc4c(c3)sc3ccccc34)ccc1N2c1ccc(-c2ccc3c(c2)sc2ccccc23)cc1. The number of nitrogens with zero attached hydrogens (tertiary/aromatic N) is 2. The lowest BCUT2D eigenvalue weighted by Gasteiger charge is -2.45. The van der Waals surface area contributed by atoms with Gasteiger partial charge in [-0.15, -0.1) is 22.7 Å². The van der Waals surface area contributed by atoms with Gasteiger partial charge in [0.2, 0.25) is 0 Å². The quantitative estimate of drug-likeness (QED) is 0.160. The second-order valence-corrected chi connectivity index (χ2v) is 23.3. The molecular formula is C67H49BN2O2S2. The molecule has 0 atom stereocenters. The van der Waals surface area contributed by atoms with Gasteiger partial charge in [-0.3, -0.25) is 0 Å². The second-order valence-electron chi connectivity index (χ2n) is 21.1. The van der Waals surface area contributed by atoms with E-state index in [0.29, 0.717) is 13.2 Å². The molecule has 0 bridgehead atoms. The number of benzene rings is 10. The van der Waals surface area contributed by atoms with Crippen molar-refractivity contribution in [1.29, 1.82) is 0 Å². The molecule has 15 rings (SSSR count). The monoisotopic (exact) mass is 988 g/mol. The average Bonchev–Trinajstić information content (AvgIpc) is 4.07. The van der Waals surface area contributed by atoms with Crippen LogP contribution in [0.1, 0.15) is 31.9 Å². The molecule has 0 fully saturated rings. The maximum absolute atomic E-state index is 6.78. The van der Waals surface area contributed by atoms with Crippen LogP contribution in [0.25, 0.3) is 73.7 Å². The topological polar surface area (TPSA) is 24.9 Å². The minimum absolute atomic E-state index is 0.0856. The van der Waals surface area contributed by atoms with Crippen molar-refractivity contribution in [2.24, 2.45) is 0 Å². The van der Waals surface area contributed by atoms with Crippen LogP contribution in [0.4, 0.5) is 34.1 Å². The molecule has 3 aliphatic heterocycles. The zero-order valence-electron chi connectivity index (χ0n) is 41.6. The van der Waals surface area contributed by atoms with E-state index in [-0.39, 0.29) is 12.1 Å². The molecule has 0 aliphatic carbocycles. The number of rotatable bonds is 5. The van der Waals surface area contributed by atoms with Crippen LogP contribution in [0.5, 0.6) is 11.5 Å². The summed E-state index contributed by atoms with van der Waals surface area (Å²) in [6, 6.07) is 75.1. The van der Waals surface area contributed by atoms with Gasteiger partial charge in [-0.25, -0.2) is 0 Å². The Bertz CT molecular complexity index is 4280. The summed E-state index contributed by atoms with van der Waals surface area (Å²) in [5.74, 6) is 1.54. The van der Waals surface area contributed by atoms with Crippen LogP contribution in [0, 0.1) is 6.92 Å². The Labute approximate surface area is 439 Å². The predicted octanol–water partition coefficient (Wildman–Crippen LogP) is 16.9. The molecule has 0 radical (unpaired) electrons. The molecule has 2 aromatic heterocycles. The fourth-order valence-corrected chi connectivity index (χ4v) is 14.4. The van der Waals surface area contributed by atoms with E-state index >= 15 is 0 Å². The smallest absolute Gasteiger partial charge is 0.252 e. The highest BCUT2D eigenvalue weighted by Gasteiger charge is 2.45. The van der Waals surface area contributed by atoms with E-state index in [1.807, 2.05) is 22.7 Å². The Morgan fingerprint density at radius 2 is 1.00 bits per heavy atom. The zero-order chi connectivity index (χ0) is 49.4. The Morgan fingerprint density at radius 1 is 0.446 bits per heavy atom. The first-order valence-corrected chi connectivity index (χ1v) is 27.3. The molecule has 5 heterocycles. The third kappa shape index (κ3) is 6.73. The molecule has 7 heteroatoms. The highest BCUT2D eigenvalue weighted by Crippen LogP contribution is 2.54. The van der Waals surface area contributed by atoms with Crippen LogP contribution >= 0.6 is 22.7 Å². The molecule has 0 N–H and O–H groups in total. The van der Waals surface area contributed by atoms with E-state index in [0.717, 1.165) is 45.4 Å². The summed E-state index contributed by atoms with van der Waals surface area (Å²) in [6.07, 6.45) is 0. The molecule has 0 unspecified atom stereocenters. The second kappa shape index (κ2) is 16.5. The Morgan fingerprint density at radius 3 is 1.70 bits per heavy atom. The van der Waals surface area contributed by atoms with Crippen molar-refractivity contribution in [1.82, 2.24) is 0 Å². The van der Waals surface area contributed by atoms with Gasteiger partial charge in [0.1, 0.15) is 18.9 Å². The van der Waals surface area contributed by atoms with Crippen molar-refractivity contribution < 1.29 is 9.47 Å². The number of aryl methyl sites for hydroxylation is 1. The summed E-state index contributed by atoms with van der Waals surface area (Å²) in [7, 11) is 0. The van der Waals surface area contributed by atoms with Gasteiger partial charge in [0.05, 0.1) is 0 Å². The molecule has 10 aromatic carbocycles. The van der Waals surface area contributed by atoms with Crippen molar-refractivity contribution in [2.75, 3.05) is 23.0 Å². The average molecular weight is 989 g/mol. The lowest BCUT2D eigenvalue weighted by atomic mass is 9.33. The molecule has 354 valence electrons. The summed E-state index contributed by atoms with van der Waals surface area (Å²) in [5.41, 5.74) is 20.0. The Kier molecular flexibility index (Phi) is 9.67. The lowest BCUT2D eigenvalue weighted by Crippen LogP contribution is -2.61. The normalized spacial score (nSPS) is 13.7. The van der Waals surface area contributed by atoms with Gasteiger partial charge in [-0.05, 0) is 140 Å². The van der Waals surface area contributed by atoms with Crippen LogP contribution in [0.3, 0.4) is 0 Å². The van der Waals surface area contributed by atoms with Crippen LogP contribution < -0.4 is 35.7 Å². The fourth-order valence-electron chi connectivity index (χ4n) is 12.1. The number of hydrogen-bond acceptors (Lipinski definition) is 6. The molecule has 4 nitrogen and oxygen atoms in total. The third-order valence-electron chi connectivity index (χ3n) is 15.6. The van der Waals surface area contributed by atoms with Crippen molar-refractivity contribution in [3.8, 4) is 44.9 Å². The van der Waals surface area contributed by atoms with Crippen molar-refractivity contribution in [3.05, 3.63) is 211 Å². The van der Waals surface area contributed by atoms with Crippen molar-refractivity contribution >= 4 is 120 Å². The number of thiophene rings is 2. The summed E-state index contributed by atoms with van der Waals surface area (Å²) in [4.78, 5) is 5.04. The highest BCUT2D eigenvalue weighted by molar-refractivity contribution is 7.26. The molecule has 0 spiro atoms. The Balaban J connectivity index is 0.978. The summed E-state index contributed by atoms with van der Waals surface area (Å²) in [5, 5.41) is 5.26. The van der Waals surface area contributed by atoms with Gasteiger partial charge >= 0.3 is 0 Å². The minimum atomic E-state index is -0.0947. The molecular weight excluding hydrogens is 940 g/mol. The van der Waals surface area contributed by atoms with Gasteiger partial charge in [0.25, 0.3) is 6.71 Å². The molecule has 0 amide bonds. The van der Waals surface area contributed by atoms with Gasteiger partial charge in [0.15, 0.2) is 11.5 Å². The van der Waals surface area contributed by atoms with E-state index in [1.165, 1.54) is 101 Å². The van der Waals surface area contributed by atoms with Crippen molar-refractivity contribution in [2.45, 2.75) is 33.1 Å². The number of ether oxygens (including phenoxy) is 2.